The lowest BCUT2D eigenvalue weighted by atomic mass is 10.3. The molecule has 0 rings (SSSR count). The second kappa shape index (κ2) is 10.7. The van der Waals surface area contributed by atoms with Crippen LogP contribution in [0.1, 0.15) is 39.5 Å². The molecule has 0 spiro atoms. The van der Waals surface area contributed by atoms with Gasteiger partial charge in [-0.1, -0.05) is 26.7 Å². The maximum atomic E-state index is 9.54. The van der Waals surface area contributed by atoms with E-state index < -0.39 is 6.16 Å². The molecule has 0 aliphatic rings. The number of carboxylic acid groups (broad SMARTS) is 1. The quantitative estimate of drug-likeness (QED) is 0.398. The molecule has 0 aromatic heterocycles. The Hall–Kier alpha value is -0.770. The number of hydrogen-bond donors (Lipinski definition) is 0. The van der Waals surface area contributed by atoms with E-state index in [0.717, 1.165) is 17.3 Å². The molecular weight excluding hydrogens is 206 g/mol. The minimum atomic E-state index is -1.43. The fourth-order valence-electron chi connectivity index (χ4n) is 0.932. The largest absolute Gasteiger partial charge is 0.550 e. The van der Waals surface area contributed by atoms with E-state index in [0.29, 0.717) is 0 Å². The van der Waals surface area contributed by atoms with E-state index in [1.807, 2.05) is 6.92 Å². The number of quaternary nitrogens is 1. The van der Waals surface area contributed by atoms with Crippen molar-refractivity contribution in [1.82, 2.24) is 0 Å². The predicted octanol–water partition coefficient (Wildman–Crippen LogP) is 1.64. The molecule has 0 radical (unpaired) electrons. The summed E-state index contributed by atoms with van der Waals surface area (Å²) in [6.07, 6.45) is 2.94. The van der Waals surface area contributed by atoms with Gasteiger partial charge >= 0.3 is 0 Å². The highest BCUT2D eigenvalue weighted by Gasteiger charge is 2.02. The summed E-state index contributed by atoms with van der Waals surface area (Å²) in [7, 11) is 6.70. The smallest absolute Gasteiger partial charge is 0.251 e. The van der Waals surface area contributed by atoms with Gasteiger partial charge < -0.3 is 19.1 Å². The Bertz CT molecular complexity index is 164. The molecule has 0 atom stereocenters. The van der Waals surface area contributed by atoms with Crippen LogP contribution in [0, 0.1) is 0 Å². The molecule has 0 bridgehead atoms. The lowest BCUT2D eigenvalue weighted by molar-refractivity contribution is -0.870. The fourth-order valence-corrected chi connectivity index (χ4v) is 0.932. The molecule has 0 N–H and O–H groups in total. The Balaban J connectivity index is 0. The van der Waals surface area contributed by atoms with Crippen LogP contribution in [0.5, 0.6) is 0 Å². The van der Waals surface area contributed by atoms with Gasteiger partial charge in [0, 0.05) is 6.61 Å². The summed E-state index contributed by atoms with van der Waals surface area (Å²) < 4.78 is 5.19. The topological polar surface area (TPSA) is 49.4 Å². The molecule has 0 aromatic rings. The van der Waals surface area contributed by atoms with E-state index in [9.17, 15) is 9.90 Å². The lowest BCUT2D eigenvalue weighted by Crippen LogP contribution is -2.35. The summed E-state index contributed by atoms with van der Waals surface area (Å²) in [5, 5.41) is 9.54. The zero-order valence-electron chi connectivity index (χ0n) is 11.4. The van der Waals surface area contributed by atoms with Crippen molar-refractivity contribution in [1.29, 1.82) is 0 Å². The van der Waals surface area contributed by atoms with E-state index in [1.165, 1.54) is 19.4 Å². The Morgan fingerprint density at radius 3 is 1.88 bits per heavy atom. The lowest BCUT2D eigenvalue weighted by Gasteiger charge is -2.23. The first-order valence-corrected chi connectivity index (χ1v) is 5.97. The van der Waals surface area contributed by atoms with Gasteiger partial charge in [0.05, 0.1) is 27.7 Å². The van der Waals surface area contributed by atoms with Gasteiger partial charge in [0.15, 0.2) is 0 Å². The number of ether oxygens (including phenoxy) is 1. The predicted molar refractivity (Wildman–Crippen MR) is 64.1 cm³/mol. The monoisotopic (exact) mass is 233 g/mol. The van der Waals surface area contributed by atoms with Crippen LogP contribution < -0.4 is 5.11 Å². The summed E-state index contributed by atoms with van der Waals surface area (Å²) in [6.45, 7) is 5.75. The van der Waals surface area contributed by atoms with Crippen molar-refractivity contribution < 1.29 is 19.1 Å². The number of rotatable bonds is 6. The average Bonchev–Trinajstić information content (AvgIpc) is 2.14. The molecule has 0 heterocycles. The van der Waals surface area contributed by atoms with Crippen LogP contribution in [0.2, 0.25) is 0 Å². The molecule has 16 heavy (non-hydrogen) atoms. The maximum absolute atomic E-state index is 9.54. The standard InChI is InChI=1S/C7H18N.C5H10O3/c1-5-6-7-8(2,3)4;1-2-3-4-8-5(6)7/h5-7H2,1-4H3;2-4H2,1H3,(H,6,7)/q+1;/p-1. The van der Waals surface area contributed by atoms with Crippen molar-refractivity contribution in [2.24, 2.45) is 0 Å². The van der Waals surface area contributed by atoms with Crippen molar-refractivity contribution in [2.75, 3.05) is 34.3 Å². The highest BCUT2D eigenvalue weighted by molar-refractivity contribution is 5.53. The number of carbonyl (C=O) groups is 1. The Kier molecular flexibility index (Phi) is 11.8. The summed E-state index contributed by atoms with van der Waals surface area (Å²) in [5.74, 6) is 0. The van der Waals surface area contributed by atoms with Gasteiger partial charge in [0.2, 0.25) is 0 Å². The van der Waals surface area contributed by atoms with Gasteiger partial charge in [-0.05, 0) is 12.8 Å². The average molecular weight is 233 g/mol. The van der Waals surface area contributed by atoms with E-state index in [2.05, 4.69) is 32.8 Å². The van der Waals surface area contributed by atoms with Gasteiger partial charge in [-0.25, -0.2) is 0 Å². The summed E-state index contributed by atoms with van der Waals surface area (Å²) >= 11 is 0. The molecule has 98 valence electrons. The molecular formula is C12H27NO3. The molecule has 0 saturated carbocycles. The van der Waals surface area contributed by atoms with Gasteiger partial charge in [0.25, 0.3) is 6.16 Å². The zero-order valence-corrected chi connectivity index (χ0v) is 11.4. The van der Waals surface area contributed by atoms with Crippen LogP contribution in [0.3, 0.4) is 0 Å². The molecule has 0 aliphatic carbocycles. The molecule has 0 aliphatic heterocycles. The molecule has 4 heteroatoms. The first kappa shape index (κ1) is 17.6. The molecule has 0 fully saturated rings. The van der Waals surface area contributed by atoms with E-state index in [4.69, 9.17) is 0 Å². The Labute approximate surface area is 99.8 Å². The summed E-state index contributed by atoms with van der Waals surface area (Å²) in [5.41, 5.74) is 0. The second-order valence-corrected chi connectivity index (χ2v) is 4.82. The molecule has 4 nitrogen and oxygen atoms in total. The third kappa shape index (κ3) is 23.2. The Morgan fingerprint density at radius 2 is 1.62 bits per heavy atom. The third-order valence-electron chi connectivity index (χ3n) is 1.90. The SMILES string of the molecule is CCCCOC(=O)[O-].CCCC[N+](C)(C)C. The molecule has 0 aromatic carbocycles. The normalized spacial score (nSPS) is 10.3. The van der Waals surface area contributed by atoms with Crippen molar-refractivity contribution in [3.8, 4) is 0 Å². The van der Waals surface area contributed by atoms with E-state index in [1.54, 1.807) is 0 Å². The minimum absolute atomic E-state index is 0.263. The van der Waals surface area contributed by atoms with Gasteiger partial charge in [-0.15, -0.1) is 0 Å². The van der Waals surface area contributed by atoms with Crippen molar-refractivity contribution in [2.45, 2.75) is 39.5 Å². The first-order valence-electron chi connectivity index (χ1n) is 5.97. The molecule has 0 unspecified atom stereocenters. The summed E-state index contributed by atoms with van der Waals surface area (Å²) in [6, 6.07) is 0. The van der Waals surface area contributed by atoms with Gasteiger partial charge in [0.1, 0.15) is 0 Å². The van der Waals surface area contributed by atoms with E-state index >= 15 is 0 Å². The van der Waals surface area contributed by atoms with Crippen molar-refractivity contribution >= 4 is 6.16 Å². The zero-order chi connectivity index (χ0) is 13.0. The van der Waals surface area contributed by atoms with Crippen LogP contribution in [0.15, 0.2) is 0 Å². The van der Waals surface area contributed by atoms with Crippen LogP contribution in [-0.2, 0) is 4.74 Å². The highest BCUT2D eigenvalue weighted by Crippen LogP contribution is 1.95. The van der Waals surface area contributed by atoms with Crippen molar-refractivity contribution in [3.05, 3.63) is 0 Å². The van der Waals surface area contributed by atoms with Crippen LogP contribution in [0.25, 0.3) is 0 Å². The third-order valence-corrected chi connectivity index (χ3v) is 1.90. The van der Waals surface area contributed by atoms with E-state index in [-0.39, 0.29) is 6.61 Å². The number of hydrogen-bond acceptors (Lipinski definition) is 3. The van der Waals surface area contributed by atoms with Crippen LogP contribution in [0.4, 0.5) is 4.79 Å². The van der Waals surface area contributed by atoms with Crippen LogP contribution >= 0.6 is 0 Å². The van der Waals surface area contributed by atoms with Gasteiger partial charge in [-0.2, -0.15) is 0 Å². The van der Waals surface area contributed by atoms with Crippen LogP contribution in [-0.4, -0.2) is 44.9 Å². The number of unbranched alkanes of at least 4 members (excludes halogenated alkanes) is 2. The maximum Gasteiger partial charge on any atom is 0.251 e. The van der Waals surface area contributed by atoms with Gasteiger partial charge in [-0.3, -0.25) is 0 Å². The number of carbonyl (C=O) groups excluding carboxylic acids is 1. The molecule has 0 saturated heterocycles. The molecule has 0 amide bonds. The summed E-state index contributed by atoms with van der Waals surface area (Å²) in [4.78, 5) is 9.54. The van der Waals surface area contributed by atoms with Crippen molar-refractivity contribution in [3.63, 3.8) is 0 Å². The minimum Gasteiger partial charge on any atom is -0.550 e. The second-order valence-electron chi connectivity index (χ2n) is 4.82. The first-order chi connectivity index (χ1) is 7.33. The fraction of sp³-hybridized carbons (Fsp3) is 0.917. The highest BCUT2D eigenvalue weighted by atomic mass is 16.7. The number of nitrogens with zero attached hydrogens (tertiary/aromatic N) is 1. The Morgan fingerprint density at radius 1 is 1.12 bits per heavy atom.